The highest BCUT2D eigenvalue weighted by Gasteiger charge is 2.36. The third kappa shape index (κ3) is 4.83. The number of nitrogens with two attached hydrogens (primary N) is 1. The zero-order valence-electron chi connectivity index (χ0n) is 17.9. The Bertz CT molecular complexity index is 1170. The molecule has 2 aromatic heterocycles. The van der Waals surface area contributed by atoms with E-state index >= 15 is 0 Å². The van der Waals surface area contributed by atoms with Crippen LogP contribution in [0.4, 0.5) is 24.8 Å². The van der Waals surface area contributed by atoms with E-state index in [2.05, 4.69) is 25.6 Å². The monoisotopic (exact) mass is 476 g/mol. The van der Waals surface area contributed by atoms with Gasteiger partial charge >= 0.3 is 6.18 Å². The van der Waals surface area contributed by atoms with Gasteiger partial charge in [0.25, 0.3) is 0 Å². The Labute approximate surface area is 192 Å². The summed E-state index contributed by atoms with van der Waals surface area (Å²) in [5.74, 6) is -0.134. The van der Waals surface area contributed by atoms with Crippen LogP contribution < -0.4 is 16.4 Å². The zero-order chi connectivity index (χ0) is 23.6. The molecule has 3 heterocycles. The molecule has 11 heteroatoms. The molecule has 1 fully saturated rings. The van der Waals surface area contributed by atoms with Gasteiger partial charge in [-0.2, -0.15) is 13.2 Å². The number of aromatic nitrogens is 3. The minimum Gasteiger partial charge on any atom is -0.356 e. The average Bonchev–Trinajstić information content (AvgIpc) is 3.20. The lowest BCUT2D eigenvalue weighted by Crippen LogP contribution is -2.35. The Morgan fingerprint density at radius 3 is 2.82 bits per heavy atom. The number of thiazole rings is 1. The van der Waals surface area contributed by atoms with E-state index in [-0.39, 0.29) is 11.9 Å². The summed E-state index contributed by atoms with van der Waals surface area (Å²) in [7, 11) is 0. The second-order valence-electron chi connectivity index (χ2n) is 8.00. The maximum Gasteiger partial charge on any atom is 0.433 e. The summed E-state index contributed by atoms with van der Waals surface area (Å²) in [5, 5.41) is 6.68. The summed E-state index contributed by atoms with van der Waals surface area (Å²) in [4.78, 5) is 24.9. The molecule has 1 amide bonds. The third-order valence-electron chi connectivity index (χ3n) is 5.83. The van der Waals surface area contributed by atoms with Crippen molar-refractivity contribution in [3.8, 4) is 10.4 Å². The number of alkyl halides is 3. The molecule has 0 saturated carbocycles. The zero-order valence-corrected chi connectivity index (χ0v) is 18.7. The summed E-state index contributed by atoms with van der Waals surface area (Å²) in [6, 6.07) is 6.42. The minimum atomic E-state index is -4.56. The first-order chi connectivity index (χ1) is 15.7. The largest absolute Gasteiger partial charge is 0.433 e. The van der Waals surface area contributed by atoms with Gasteiger partial charge in [0.05, 0.1) is 10.6 Å². The Morgan fingerprint density at radius 1 is 1.24 bits per heavy atom. The Morgan fingerprint density at radius 2 is 2.06 bits per heavy atom. The second kappa shape index (κ2) is 9.06. The van der Waals surface area contributed by atoms with Crippen molar-refractivity contribution in [1.82, 2.24) is 20.3 Å². The SMILES string of the molecule is Cc1cccc(-c2cnc(C3(CN)CCNC(=O)CC3)s2)c1Nc1nccc(C(F)(F)F)n1. The first-order valence-electron chi connectivity index (χ1n) is 10.4. The first kappa shape index (κ1) is 23.1. The predicted octanol–water partition coefficient (Wildman–Crippen LogP) is 4.17. The summed E-state index contributed by atoms with van der Waals surface area (Å²) in [6.07, 6.45) is -0.0570. The van der Waals surface area contributed by atoms with Crippen LogP contribution in [0.3, 0.4) is 0 Å². The van der Waals surface area contributed by atoms with E-state index in [0.29, 0.717) is 38.0 Å². The number of hydrogen-bond donors (Lipinski definition) is 3. The Kier molecular flexibility index (Phi) is 6.35. The number of carbonyl (C=O) groups is 1. The highest BCUT2D eigenvalue weighted by atomic mass is 32.1. The molecule has 1 aliphatic rings. The van der Waals surface area contributed by atoms with Crippen molar-refractivity contribution in [3.63, 3.8) is 0 Å². The molecule has 0 radical (unpaired) electrons. The molecule has 1 aliphatic heterocycles. The number of hydrogen-bond acceptors (Lipinski definition) is 7. The number of para-hydroxylation sites is 1. The lowest BCUT2D eigenvalue weighted by atomic mass is 9.81. The highest BCUT2D eigenvalue weighted by Crippen LogP contribution is 2.41. The van der Waals surface area contributed by atoms with Crippen LogP contribution in [0.15, 0.2) is 36.7 Å². The van der Waals surface area contributed by atoms with Crippen molar-refractivity contribution in [3.05, 3.63) is 52.9 Å². The van der Waals surface area contributed by atoms with Crippen LogP contribution in [0, 0.1) is 6.92 Å². The maximum atomic E-state index is 13.1. The van der Waals surface area contributed by atoms with Crippen molar-refractivity contribution in [2.75, 3.05) is 18.4 Å². The molecule has 1 atom stereocenters. The summed E-state index contributed by atoms with van der Waals surface area (Å²) in [5.41, 5.74) is 6.93. The fourth-order valence-electron chi connectivity index (χ4n) is 3.88. The van der Waals surface area contributed by atoms with Gasteiger partial charge in [-0.25, -0.2) is 15.0 Å². The normalized spacial score (nSPS) is 19.1. The molecule has 0 spiro atoms. The first-order valence-corrected chi connectivity index (χ1v) is 11.2. The van der Waals surface area contributed by atoms with Crippen LogP contribution in [-0.4, -0.2) is 33.9 Å². The van der Waals surface area contributed by atoms with Crippen LogP contribution in [0.25, 0.3) is 10.4 Å². The number of rotatable bonds is 5. The van der Waals surface area contributed by atoms with Crippen molar-refractivity contribution >= 4 is 28.9 Å². The molecule has 0 aliphatic carbocycles. The molecule has 1 saturated heterocycles. The van der Waals surface area contributed by atoms with E-state index in [1.807, 2.05) is 25.1 Å². The van der Waals surface area contributed by atoms with Crippen molar-refractivity contribution < 1.29 is 18.0 Å². The highest BCUT2D eigenvalue weighted by molar-refractivity contribution is 7.15. The molecule has 7 nitrogen and oxygen atoms in total. The molecule has 4 rings (SSSR count). The van der Waals surface area contributed by atoms with Gasteiger partial charge in [-0.05, 0) is 31.4 Å². The van der Waals surface area contributed by atoms with Crippen LogP contribution in [-0.2, 0) is 16.4 Å². The Hall–Kier alpha value is -3.05. The van der Waals surface area contributed by atoms with Gasteiger partial charge in [0.15, 0.2) is 0 Å². The lowest BCUT2D eigenvalue weighted by molar-refractivity contribution is -0.141. The molecular formula is C22H23F3N6OS. The number of aryl methyl sites for hydroxylation is 1. The van der Waals surface area contributed by atoms with E-state index in [9.17, 15) is 18.0 Å². The fraction of sp³-hybridized carbons (Fsp3) is 0.364. The topological polar surface area (TPSA) is 106 Å². The van der Waals surface area contributed by atoms with Gasteiger partial charge in [0.2, 0.25) is 11.9 Å². The van der Waals surface area contributed by atoms with Crippen molar-refractivity contribution in [2.24, 2.45) is 5.73 Å². The van der Waals surface area contributed by atoms with Crippen LogP contribution in [0.2, 0.25) is 0 Å². The number of halogens is 3. The number of anilines is 2. The van der Waals surface area contributed by atoms with Gasteiger partial charge in [-0.1, -0.05) is 18.2 Å². The Balaban J connectivity index is 1.69. The average molecular weight is 477 g/mol. The predicted molar refractivity (Wildman–Crippen MR) is 120 cm³/mol. The summed E-state index contributed by atoms with van der Waals surface area (Å²) >= 11 is 1.48. The van der Waals surface area contributed by atoms with Gasteiger partial charge in [-0.3, -0.25) is 4.79 Å². The van der Waals surface area contributed by atoms with Crippen molar-refractivity contribution in [2.45, 2.75) is 37.8 Å². The van der Waals surface area contributed by atoms with Gasteiger partial charge in [0, 0.05) is 42.9 Å². The molecule has 0 bridgehead atoms. The number of nitrogens with zero attached hydrogens (tertiary/aromatic N) is 3. The van der Waals surface area contributed by atoms with E-state index in [1.54, 1.807) is 6.20 Å². The van der Waals surface area contributed by atoms with E-state index < -0.39 is 17.3 Å². The van der Waals surface area contributed by atoms with Crippen LogP contribution in [0.5, 0.6) is 0 Å². The van der Waals surface area contributed by atoms with Crippen molar-refractivity contribution in [1.29, 1.82) is 0 Å². The minimum absolute atomic E-state index is 0.00774. The van der Waals surface area contributed by atoms with Gasteiger partial charge in [-0.15, -0.1) is 11.3 Å². The molecule has 3 aromatic rings. The molecule has 1 unspecified atom stereocenters. The van der Waals surface area contributed by atoms with Gasteiger partial charge in [0.1, 0.15) is 10.7 Å². The smallest absolute Gasteiger partial charge is 0.356 e. The van der Waals surface area contributed by atoms with Crippen LogP contribution >= 0.6 is 11.3 Å². The van der Waals surface area contributed by atoms with E-state index in [4.69, 9.17) is 5.73 Å². The maximum absolute atomic E-state index is 13.1. The molecule has 4 N–H and O–H groups in total. The number of benzene rings is 1. The third-order valence-corrected chi connectivity index (χ3v) is 7.10. The number of carbonyl (C=O) groups excluding carboxylic acids is 1. The van der Waals surface area contributed by atoms with Crippen LogP contribution in [0.1, 0.15) is 35.5 Å². The number of nitrogens with one attached hydrogen (secondary N) is 2. The lowest BCUT2D eigenvalue weighted by Gasteiger charge is -2.28. The van der Waals surface area contributed by atoms with Gasteiger partial charge < -0.3 is 16.4 Å². The standard InChI is InChI=1S/C22H23F3N6OS/c1-13-3-2-4-14(18(13)31-20-28-9-6-16(30-20)22(23,24)25)15-11-29-19(33-15)21(12-26)7-5-17(32)27-10-8-21/h2-4,6,9,11H,5,7-8,10,12,26H2,1H3,(H,27,32)(H,28,30,31). The quantitative estimate of drug-likeness (QED) is 0.511. The summed E-state index contributed by atoms with van der Waals surface area (Å²) in [6.45, 7) is 2.76. The number of amides is 1. The second-order valence-corrected chi connectivity index (χ2v) is 9.03. The fourth-order valence-corrected chi connectivity index (χ4v) is 5.09. The summed E-state index contributed by atoms with van der Waals surface area (Å²) < 4.78 is 39.2. The molecule has 174 valence electrons. The molecule has 1 aromatic carbocycles. The van der Waals surface area contributed by atoms with E-state index in [0.717, 1.165) is 33.3 Å². The molecular weight excluding hydrogens is 453 g/mol. The van der Waals surface area contributed by atoms with E-state index in [1.165, 1.54) is 11.3 Å². The molecule has 33 heavy (non-hydrogen) atoms.